The minimum absolute atomic E-state index is 0.692. The number of hydrogen-bond acceptors (Lipinski definition) is 4. The van der Waals surface area contributed by atoms with E-state index < -0.39 is 0 Å². The van der Waals surface area contributed by atoms with Gasteiger partial charge in [-0.25, -0.2) is 0 Å². The van der Waals surface area contributed by atoms with E-state index in [0.29, 0.717) is 6.04 Å². The highest BCUT2D eigenvalue weighted by Gasteiger charge is 2.23. The van der Waals surface area contributed by atoms with Crippen molar-refractivity contribution in [2.24, 2.45) is 0 Å². The monoisotopic (exact) mass is 287 g/mol. The maximum Gasteiger partial charge on any atom is 0.0292 e. The predicted molar refractivity (Wildman–Crippen MR) is 83.7 cm³/mol. The van der Waals surface area contributed by atoms with Gasteiger partial charge in [0.25, 0.3) is 0 Å². The molecule has 1 saturated heterocycles. The molecule has 2 rings (SSSR count). The van der Waals surface area contributed by atoms with Crippen molar-refractivity contribution >= 4 is 34.9 Å². The lowest BCUT2D eigenvalue weighted by atomic mass is 10.1. The first-order valence-corrected chi connectivity index (χ1v) is 9.48. The van der Waals surface area contributed by atoms with Crippen LogP contribution in [0.5, 0.6) is 0 Å². The second-order valence-electron chi connectivity index (χ2n) is 4.32. The van der Waals surface area contributed by atoms with Crippen LogP contribution >= 0.6 is 34.9 Å². The fraction of sp³-hybridized carbons (Fsp3) is 0.692. The van der Waals surface area contributed by atoms with Crippen molar-refractivity contribution in [1.29, 1.82) is 0 Å². The molecule has 1 aromatic heterocycles. The van der Waals surface area contributed by atoms with Gasteiger partial charge in [0.15, 0.2) is 0 Å². The first-order chi connectivity index (χ1) is 8.40. The lowest BCUT2D eigenvalue weighted by Crippen LogP contribution is -2.41. The number of thioether (sulfide) groups is 2. The molecule has 17 heavy (non-hydrogen) atoms. The van der Waals surface area contributed by atoms with Crippen molar-refractivity contribution < 1.29 is 0 Å². The molecule has 0 spiro atoms. The molecule has 0 aliphatic carbocycles. The number of hydrogen-bond donors (Lipinski definition) is 1. The molecule has 1 fully saturated rings. The third-order valence-electron chi connectivity index (χ3n) is 3.08. The molecule has 1 aromatic rings. The summed E-state index contributed by atoms with van der Waals surface area (Å²) < 4.78 is 0. The average Bonchev–Trinajstić information content (AvgIpc) is 2.88. The molecule has 0 saturated carbocycles. The highest BCUT2D eigenvalue weighted by Crippen LogP contribution is 2.28. The molecule has 96 valence electrons. The third-order valence-corrected chi connectivity index (χ3v) is 6.73. The minimum Gasteiger partial charge on any atom is -0.313 e. The highest BCUT2D eigenvalue weighted by atomic mass is 32.2. The van der Waals surface area contributed by atoms with Crippen LogP contribution in [0.1, 0.15) is 18.9 Å². The van der Waals surface area contributed by atoms with Crippen molar-refractivity contribution in [3.05, 3.63) is 22.4 Å². The third kappa shape index (κ3) is 4.51. The zero-order valence-corrected chi connectivity index (χ0v) is 12.8. The van der Waals surface area contributed by atoms with E-state index in [-0.39, 0.29) is 0 Å². The van der Waals surface area contributed by atoms with Crippen molar-refractivity contribution in [2.75, 3.05) is 23.8 Å². The van der Waals surface area contributed by atoms with E-state index in [1.54, 1.807) is 0 Å². The molecule has 4 heteroatoms. The molecule has 1 nitrogen and oxygen atoms in total. The smallest absolute Gasteiger partial charge is 0.0292 e. The van der Waals surface area contributed by atoms with Crippen LogP contribution in [0.4, 0.5) is 0 Å². The van der Waals surface area contributed by atoms with Crippen molar-refractivity contribution in [2.45, 2.75) is 31.1 Å². The van der Waals surface area contributed by atoms with E-state index >= 15 is 0 Å². The van der Waals surface area contributed by atoms with Crippen LogP contribution in [0.2, 0.25) is 0 Å². The summed E-state index contributed by atoms with van der Waals surface area (Å²) in [7, 11) is 0. The molecule has 1 aliphatic rings. The zero-order valence-electron chi connectivity index (χ0n) is 10.4. The Hall–Kier alpha value is 0.360. The van der Waals surface area contributed by atoms with Crippen molar-refractivity contribution in [3.8, 4) is 0 Å². The van der Waals surface area contributed by atoms with Crippen LogP contribution in [0.25, 0.3) is 0 Å². The molecule has 2 unspecified atom stereocenters. The molecular formula is C13H21NS3. The van der Waals surface area contributed by atoms with E-state index in [1.807, 2.05) is 11.3 Å². The van der Waals surface area contributed by atoms with Crippen LogP contribution in [0, 0.1) is 0 Å². The fourth-order valence-corrected chi connectivity index (χ4v) is 5.81. The lowest BCUT2D eigenvalue weighted by molar-refractivity contribution is 0.492. The summed E-state index contributed by atoms with van der Waals surface area (Å²) >= 11 is 6.10. The molecule has 1 N–H and O–H groups in total. The molecule has 1 aliphatic heterocycles. The molecule has 0 aromatic carbocycles. The highest BCUT2D eigenvalue weighted by molar-refractivity contribution is 8.06. The largest absolute Gasteiger partial charge is 0.313 e. The van der Waals surface area contributed by atoms with E-state index in [4.69, 9.17) is 0 Å². The normalized spacial score (nSPS) is 22.5. The Morgan fingerprint density at radius 2 is 2.41 bits per heavy atom. The summed E-state index contributed by atoms with van der Waals surface area (Å²) in [6, 6.07) is 2.95. The lowest BCUT2D eigenvalue weighted by Gasteiger charge is -2.30. The summed E-state index contributed by atoms with van der Waals surface area (Å²) in [5.41, 5.74) is 1.51. The van der Waals surface area contributed by atoms with E-state index in [1.165, 1.54) is 35.7 Å². The Morgan fingerprint density at radius 1 is 1.47 bits per heavy atom. The molecule has 2 atom stereocenters. The molecule has 0 amide bonds. The van der Waals surface area contributed by atoms with Gasteiger partial charge in [0.2, 0.25) is 0 Å². The first kappa shape index (κ1) is 13.8. The Balaban J connectivity index is 1.82. The van der Waals surface area contributed by atoms with Gasteiger partial charge in [-0.05, 0) is 41.8 Å². The van der Waals surface area contributed by atoms with E-state index in [2.05, 4.69) is 52.6 Å². The summed E-state index contributed by atoms with van der Waals surface area (Å²) in [4.78, 5) is 0. The molecule has 2 heterocycles. The molecule has 0 radical (unpaired) electrons. The number of aryl methyl sites for hydroxylation is 1. The number of rotatable bonds is 6. The van der Waals surface area contributed by atoms with Crippen LogP contribution in [-0.4, -0.2) is 35.1 Å². The van der Waals surface area contributed by atoms with E-state index in [0.717, 1.165) is 11.8 Å². The summed E-state index contributed by atoms with van der Waals surface area (Å²) in [6.07, 6.45) is 2.51. The quantitative estimate of drug-likeness (QED) is 0.860. The minimum atomic E-state index is 0.692. The maximum absolute atomic E-state index is 3.68. The van der Waals surface area contributed by atoms with Crippen LogP contribution in [-0.2, 0) is 6.42 Å². The Morgan fingerprint density at radius 3 is 3.06 bits per heavy atom. The van der Waals surface area contributed by atoms with Crippen molar-refractivity contribution in [3.63, 3.8) is 0 Å². The van der Waals surface area contributed by atoms with Gasteiger partial charge in [-0.1, -0.05) is 6.92 Å². The van der Waals surface area contributed by atoms with Gasteiger partial charge in [0.05, 0.1) is 0 Å². The summed E-state index contributed by atoms with van der Waals surface area (Å²) in [5.74, 6) is 3.99. The fourth-order valence-electron chi connectivity index (χ4n) is 2.18. The average molecular weight is 288 g/mol. The maximum atomic E-state index is 3.68. The van der Waals surface area contributed by atoms with Gasteiger partial charge in [-0.15, -0.1) is 0 Å². The zero-order chi connectivity index (χ0) is 11.9. The summed E-state index contributed by atoms with van der Waals surface area (Å²) in [6.45, 7) is 3.31. The van der Waals surface area contributed by atoms with E-state index in [9.17, 15) is 0 Å². The second-order valence-corrected chi connectivity index (χ2v) is 7.60. The van der Waals surface area contributed by atoms with Gasteiger partial charge < -0.3 is 5.32 Å². The standard InChI is InChI=1S/C13H21NS3/c1-2-14-12(13-10-16-7-8-17-13)4-3-11-5-6-15-9-11/h5-6,9,12-14H,2-4,7-8,10H2,1H3. The molecular weight excluding hydrogens is 266 g/mol. The number of thiophene rings is 1. The Kier molecular flexibility index (Phi) is 6.26. The molecule has 0 bridgehead atoms. The van der Waals surface area contributed by atoms with Crippen LogP contribution in [0.3, 0.4) is 0 Å². The van der Waals surface area contributed by atoms with Gasteiger partial charge in [-0.3, -0.25) is 0 Å². The van der Waals surface area contributed by atoms with Crippen LogP contribution in [0.15, 0.2) is 16.8 Å². The first-order valence-electron chi connectivity index (χ1n) is 6.34. The summed E-state index contributed by atoms with van der Waals surface area (Å²) in [5, 5.41) is 8.96. The number of nitrogens with one attached hydrogen (secondary N) is 1. The predicted octanol–water partition coefficient (Wildman–Crippen LogP) is 3.51. The SMILES string of the molecule is CCNC(CCc1ccsc1)C1CSCCS1. The van der Waals surface area contributed by atoms with Gasteiger partial charge in [-0.2, -0.15) is 34.9 Å². The second kappa shape index (κ2) is 7.72. The van der Waals surface area contributed by atoms with Crippen molar-refractivity contribution in [1.82, 2.24) is 5.32 Å². The van der Waals surface area contributed by atoms with Gasteiger partial charge >= 0.3 is 0 Å². The Bertz CT molecular complexity index is 294. The Labute approximate surface area is 117 Å². The topological polar surface area (TPSA) is 12.0 Å². The van der Waals surface area contributed by atoms with Crippen LogP contribution < -0.4 is 5.32 Å². The van der Waals surface area contributed by atoms with Gasteiger partial charge in [0.1, 0.15) is 0 Å². The van der Waals surface area contributed by atoms with Gasteiger partial charge in [0, 0.05) is 28.6 Å².